The molecular formula is C51H56N6O8. The minimum absolute atomic E-state index is 0.0687. The van der Waals surface area contributed by atoms with Crippen molar-refractivity contribution in [3.63, 3.8) is 0 Å². The summed E-state index contributed by atoms with van der Waals surface area (Å²) in [7, 11) is 1.60. The van der Waals surface area contributed by atoms with Gasteiger partial charge in [0, 0.05) is 67.9 Å². The number of phenols is 1. The summed E-state index contributed by atoms with van der Waals surface area (Å²) < 4.78 is 11.4. The maximum Gasteiger partial charge on any atom is 0.411 e. The first kappa shape index (κ1) is 46.0. The lowest BCUT2D eigenvalue weighted by Gasteiger charge is -2.31. The minimum Gasteiger partial charge on any atom is -0.506 e. The summed E-state index contributed by atoms with van der Waals surface area (Å²) >= 11 is 0. The van der Waals surface area contributed by atoms with E-state index < -0.39 is 12.2 Å². The van der Waals surface area contributed by atoms with Crippen LogP contribution in [0.15, 0.2) is 126 Å². The van der Waals surface area contributed by atoms with Gasteiger partial charge in [0.2, 0.25) is 17.4 Å². The lowest BCUT2D eigenvalue weighted by molar-refractivity contribution is -0.121. The van der Waals surface area contributed by atoms with Gasteiger partial charge in [-0.1, -0.05) is 78.9 Å². The number of nitrogens with one attached hydrogen (secondary N) is 5. The monoisotopic (exact) mass is 880 g/mol. The number of piperidine rings is 1. The van der Waals surface area contributed by atoms with Crippen LogP contribution in [0.3, 0.4) is 0 Å². The standard InChI is InChI=1S/C51H56N6O8/c1-33(52-32-45(59)41-16-18-44(58)50-42(41)17-20-48(61)56-50)27-37-28-34(15-19-46(37)64-2)30-49(62)54-38-12-8-9-35(29-38)31-53-47(60)23-26-57-24-21-39(22-25-57)65-51(63)55-43-14-7-6-13-40(43)36-10-4-3-5-11-36/h3-20,28-29,33,39,45,52,58-59H,21-27,30-32H2,1-2H3,(H,53,60)(H,54,62)(H,55,63)(H,56,61)/t33?,45-/m1/s1. The van der Waals surface area contributed by atoms with E-state index in [9.17, 15) is 29.4 Å². The van der Waals surface area contributed by atoms with E-state index in [0.29, 0.717) is 66.8 Å². The van der Waals surface area contributed by atoms with E-state index in [1.165, 1.54) is 12.1 Å². The Bertz CT molecular complexity index is 2650. The number of aliphatic hydroxyl groups excluding tert-OH is 1. The number of amides is 3. The molecule has 1 saturated heterocycles. The average molecular weight is 881 g/mol. The number of benzene rings is 5. The SMILES string of the molecule is COc1ccc(CC(=O)Nc2cccc(CNC(=O)CCN3CCC(OC(=O)Nc4ccccc4-c4ccccc4)CC3)c2)cc1CC(C)NC[C@@H](O)c1ccc(O)c2[nH]c(=O)ccc12. The molecule has 0 bridgehead atoms. The van der Waals surface area contributed by atoms with Gasteiger partial charge >= 0.3 is 6.09 Å². The van der Waals surface area contributed by atoms with Crippen molar-refractivity contribution in [3.8, 4) is 22.6 Å². The number of hydrogen-bond donors (Lipinski definition) is 7. The lowest BCUT2D eigenvalue weighted by atomic mass is 10.00. The quantitative estimate of drug-likeness (QED) is 0.0470. The molecule has 1 unspecified atom stereocenters. The molecule has 1 fully saturated rings. The van der Waals surface area contributed by atoms with Crippen LogP contribution in [0.4, 0.5) is 16.2 Å². The first-order chi connectivity index (χ1) is 31.5. The minimum atomic E-state index is -0.904. The Hall–Kier alpha value is -7.00. The number of H-pyrrole nitrogens is 1. The topological polar surface area (TPSA) is 194 Å². The van der Waals surface area contributed by atoms with Crippen LogP contribution >= 0.6 is 0 Å². The van der Waals surface area contributed by atoms with Crippen LogP contribution in [0.25, 0.3) is 22.0 Å². The van der Waals surface area contributed by atoms with Crippen molar-refractivity contribution in [1.82, 2.24) is 20.5 Å². The summed E-state index contributed by atoms with van der Waals surface area (Å²) in [5, 5.41) is 34.1. The Morgan fingerprint density at radius 2 is 1.63 bits per heavy atom. The fraction of sp³-hybridized carbons (Fsp3) is 0.294. The summed E-state index contributed by atoms with van der Waals surface area (Å²) in [6.07, 6.45) is 0.815. The molecule has 0 aliphatic carbocycles. The number of hydrogen-bond acceptors (Lipinski definition) is 10. The Balaban J connectivity index is 0.816. The number of rotatable bonds is 18. The van der Waals surface area contributed by atoms with E-state index in [2.05, 4.69) is 31.2 Å². The number of likely N-dealkylation sites (tertiary alicyclic amines) is 1. The molecule has 65 heavy (non-hydrogen) atoms. The van der Waals surface area contributed by atoms with E-state index in [1.54, 1.807) is 19.2 Å². The summed E-state index contributed by atoms with van der Waals surface area (Å²) in [5.41, 5.74) is 6.32. The molecule has 1 aromatic heterocycles. The lowest BCUT2D eigenvalue weighted by Crippen LogP contribution is -2.40. The van der Waals surface area contributed by atoms with Crippen molar-refractivity contribution in [2.75, 3.05) is 43.9 Å². The third-order valence-corrected chi connectivity index (χ3v) is 11.6. The van der Waals surface area contributed by atoms with Gasteiger partial charge in [0.1, 0.15) is 17.6 Å². The predicted octanol–water partition coefficient (Wildman–Crippen LogP) is 7.06. The number of carbonyl (C=O) groups is 3. The van der Waals surface area contributed by atoms with Crippen LogP contribution in [0.1, 0.15) is 54.5 Å². The highest BCUT2D eigenvalue weighted by molar-refractivity contribution is 5.93. The number of aromatic nitrogens is 1. The van der Waals surface area contributed by atoms with Gasteiger partial charge < -0.3 is 45.5 Å². The second-order valence-electron chi connectivity index (χ2n) is 16.4. The molecule has 1 aliphatic rings. The molecule has 2 heterocycles. The van der Waals surface area contributed by atoms with Gasteiger partial charge in [0.05, 0.1) is 30.8 Å². The van der Waals surface area contributed by atoms with E-state index in [0.717, 1.165) is 40.9 Å². The summed E-state index contributed by atoms with van der Waals surface area (Å²) in [4.78, 5) is 55.5. The van der Waals surface area contributed by atoms with Crippen molar-refractivity contribution in [2.24, 2.45) is 0 Å². The number of carbonyl (C=O) groups excluding carboxylic acids is 3. The number of aromatic amines is 1. The van der Waals surface area contributed by atoms with Crippen molar-refractivity contribution in [2.45, 2.75) is 63.8 Å². The molecule has 7 rings (SSSR count). The predicted molar refractivity (Wildman–Crippen MR) is 252 cm³/mol. The van der Waals surface area contributed by atoms with E-state index >= 15 is 0 Å². The van der Waals surface area contributed by atoms with Crippen LogP contribution in [0, 0.1) is 0 Å². The van der Waals surface area contributed by atoms with Gasteiger partial charge in [-0.05, 0) is 90.4 Å². The summed E-state index contributed by atoms with van der Waals surface area (Å²) in [6.45, 7) is 4.57. The fourth-order valence-electron chi connectivity index (χ4n) is 8.18. The molecule has 0 spiro atoms. The maximum atomic E-state index is 13.2. The molecule has 1 aliphatic heterocycles. The molecule has 3 amide bonds. The number of aromatic hydroxyl groups is 1. The first-order valence-electron chi connectivity index (χ1n) is 21.9. The third kappa shape index (κ3) is 12.8. The van der Waals surface area contributed by atoms with Crippen molar-refractivity contribution < 1.29 is 34.1 Å². The zero-order chi connectivity index (χ0) is 45.7. The normalized spacial score (nSPS) is 14.0. The van der Waals surface area contributed by atoms with Crippen LogP contribution in [-0.2, 0) is 33.7 Å². The number of para-hydroxylation sites is 1. The highest BCUT2D eigenvalue weighted by Gasteiger charge is 2.23. The van der Waals surface area contributed by atoms with Gasteiger partial charge in [-0.2, -0.15) is 0 Å². The molecular weight excluding hydrogens is 825 g/mol. The van der Waals surface area contributed by atoms with Crippen molar-refractivity contribution in [1.29, 1.82) is 0 Å². The average Bonchev–Trinajstić information content (AvgIpc) is 3.31. The second-order valence-corrected chi connectivity index (χ2v) is 16.4. The second kappa shape index (κ2) is 22.1. The highest BCUT2D eigenvalue weighted by Crippen LogP contribution is 2.30. The van der Waals surface area contributed by atoms with Gasteiger partial charge in [-0.25, -0.2) is 4.79 Å². The number of ether oxygens (including phenoxy) is 2. The molecule has 7 N–H and O–H groups in total. The Labute approximate surface area is 378 Å². The zero-order valence-corrected chi connectivity index (χ0v) is 36.6. The highest BCUT2D eigenvalue weighted by atomic mass is 16.6. The maximum absolute atomic E-state index is 13.2. The van der Waals surface area contributed by atoms with Crippen molar-refractivity contribution >= 4 is 40.2 Å². The number of phenolic OH excluding ortho intramolecular Hbond substituents is 1. The molecule has 14 nitrogen and oxygen atoms in total. The molecule has 5 aromatic carbocycles. The van der Waals surface area contributed by atoms with E-state index in [-0.39, 0.29) is 53.8 Å². The van der Waals surface area contributed by atoms with Crippen molar-refractivity contribution in [3.05, 3.63) is 154 Å². The Morgan fingerprint density at radius 3 is 2.43 bits per heavy atom. The van der Waals surface area contributed by atoms with Crippen LogP contribution < -0.4 is 31.6 Å². The first-order valence-corrected chi connectivity index (χ1v) is 21.9. The molecule has 2 atom stereocenters. The van der Waals surface area contributed by atoms with Gasteiger partial charge in [-0.3, -0.25) is 19.7 Å². The van der Waals surface area contributed by atoms with Crippen LogP contribution in [-0.4, -0.2) is 83.4 Å². The number of nitrogens with zero attached hydrogens (tertiary/aromatic N) is 1. The Kier molecular flexibility index (Phi) is 15.6. The van der Waals surface area contributed by atoms with Gasteiger partial charge in [-0.15, -0.1) is 0 Å². The number of pyridine rings is 1. The van der Waals surface area contributed by atoms with Gasteiger partial charge in [0.15, 0.2) is 0 Å². The Morgan fingerprint density at radius 1 is 0.846 bits per heavy atom. The third-order valence-electron chi connectivity index (χ3n) is 11.6. The molecule has 14 heteroatoms. The van der Waals surface area contributed by atoms with Crippen LogP contribution in [0.5, 0.6) is 11.5 Å². The number of methoxy groups -OCH3 is 1. The molecule has 0 radical (unpaired) electrons. The number of anilines is 2. The molecule has 6 aromatic rings. The number of fused-ring (bicyclic) bond motifs is 1. The summed E-state index contributed by atoms with van der Waals surface area (Å²) in [5.74, 6) is 0.349. The van der Waals surface area contributed by atoms with E-state index in [4.69, 9.17) is 9.47 Å². The smallest absolute Gasteiger partial charge is 0.411 e. The summed E-state index contributed by atoms with van der Waals surface area (Å²) in [6, 6.07) is 36.5. The van der Waals surface area contributed by atoms with E-state index in [1.807, 2.05) is 104 Å². The molecule has 338 valence electrons. The van der Waals surface area contributed by atoms with Gasteiger partial charge in [0.25, 0.3) is 0 Å². The fourth-order valence-corrected chi connectivity index (χ4v) is 8.18. The largest absolute Gasteiger partial charge is 0.506 e. The zero-order valence-electron chi connectivity index (χ0n) is 36.6. The molecule has 0 saturated carbocycles. The number of aliphatic hydroxyl groups is 1. The van der Waals surface area contributed by atoms with Crippen LogP contribution in [0.2, 0.25) is 0 Å².